The van der Waals surface area contributed by atoms with Crippen molar-refractivity contribution >= 4 is 66.5 Å². The van der Waals surface area contributed by atoms with Crippen LogP contribution in [0, 0.1) is 0 Å². The summed E-state index contributed by atoms with van der Waals surface area (Å²) in [5.41, 5.74) is 1.15. The number of fused-ring (bicyclic) bond motifs is 3. The molecule has 0 aliphatic heterocycles. The maximum Gasteiger partial charge on any atom is 0.259 e. The number of aromatic nitrogens is 2. The Morgan fingerprint density at radius 2 is 2.30 bits per heavy atom. The van der Waals surface area contributed by atoms with E-state index in [9.17, 15) is 9.59 Å². The van der Waals surface area contributed by atoms with E-state index in [0.717, 1.165) is 38.8 Å². The topological polar surface area (TPSA) is 66.1 Å². The number of nitrogens with one attached hydrogen (secondary N) is 1. The van der Waals surface area contributed by atoms with Gasteiger partial charge in [0.05, 0.1) is 23.4 Å². The zero-order chi connectivity index (χ0) is 19.0. The van der Waals surface area contributed by atoms with Crippen LogP contribution in [0.2, 0.25) is 0 Å². The SMILES string of the molecule is CN(Cc1cc(Br)cs1)C(=O)CSCc1nc2sc3c(c2c(=O)[nH]1)CCC3. The number of amides is 1. The molecule has 0 spiro atoms. The lowest BCUT2D eigenvalue weighted by molar-refractivity contribution is -0.127. The molecule has 5 nitrogen and oxygen atoms in total. The summed E-state index contributed by atoms with van der Waals surface area (Å²) in [4.78, 5) is 37.3. The van der Waals surface area contributed by atoms with Crippen LogP contribution in [0.3, 0.4) is 0 Å². The quantitative estimate of drug-likeness (QED) is 0.570. The summed E-state index contributed by atoms with van der Waals surface area (Å²) >= 11 is 8.19. The number of hydrogen-bond acceptors (Lipinski definition) is 6. The largest absolute Gasteiger partial charge is 0.340 e. The van der Waals surface area contributed by atoms with Crippen LogP contribution in [0.5, 0.6) is 0 Å². The first-order chi connectivity index (χ1) is 13.0. The van der Waals surface area contributed by atoms with Gasteiger partial charge >= 0.3 is 0 Å². The van der Waals surface area contributed by atoms with Crippen molar-refractivity contribution in [3.05, 3.63) is 47.4 Å². The Morgan fingerprint density at radius 1 is 1.44 bits per heavy atom. The molecule has 0 saturated heterocycles. The van der Waals surface area contributed by atoms with E-state index in [4.69, 9.17) is 0 Å². The molecule has 3 aromatic rings. The van der Waals surface area contributed by atoms with E-state index in [0.29, 0.717) is 23.9 Å². The average molecular weight is 484 g/mol. The summed E-state index contributed by atoms with van der Waals surface area (Å²) in [5.74, 6) is 1.61. The molecular formula is C18H18BrN3O2S3. The standard InChI is InChI=1S/C18H18BrN3O2S3/c1-22(6-11-5-10(19)7-26-11)15(23)9-25-8-14-20-17(24)16-12-3-2-4-13(12)27-18(16)21-14/h5,7H,2-4,6,8-9H2,1H3,(H,20,21,24). The fourth-order valence-electron chi connectivity index (χ4n) is 3.22. The molecule has 0 aromatic carbocycles. The molecule has 0 atom stereocenters. The van der Waals surface area contributed by atoms with Gasteiger partial charge in [-0.05, 0) is 46.8 Å². The molecule has 4 rings (SSSR count). The second kappa shape index (κ2) is 8.06. The third-order valence-electron chi connectivity index (χ3n) is 4.53. The second-order valence-electron chi connectivity index (χ2n) is 6.52. The predicted octanol–water partition coefficient (Wildman–Crippen LogP) is 4.19. The summed E-state index contributed by atoms with van der Waals surface area (Å²) in [6.45, 7) is 0.609. The van der Waals surface area contributed by atoms with Gasteiger partial charge in [-0.1, -0.05) is 0 Å². The Hall–Kier alpha value is -1.16. The van der Waals surface area contributed by atoms with Crippen molar-refractivity contribution in [1.29, 1.82) is 0 Å². The van der Waals surface area contributed by atoms with Crippen LogP contribution in [-0.4, -0.2) is 33.6 Å². The normalized spacial score (nSPS) is 13.3. The van der Waals surface area contributed by atoms with Crippen LogP contribution >= 0.6 is 50.4 Å². The van der Waals surface area contributed by atoms with Crippen molar-refractivity contribution in [2.75, 3.05) is 12.8 Å². The number of carbonyl (C=O) groups is 1. The van der Waals surface area contributed by atoms with Gasteiger partial charge in [0, 0.05) is 26.7 Å². The summed E-state index contributed by atoms with van der Waals surface area (Å²) in [6, 6.07) is 2.03. The molecule has 0 bridgehead atoms. The number of carbonyl (C=O) groups excluding carboxylic acids is 1. The average Bonchev–Trinajstić information content (AvgIpc) is 3.30. The van der Waals surface area contributed by atoms with E-state index in [1.165, 1.54) is 22.2 Å². The van der Waals surface area contributed by atoms with Crippen LogP contribution in [0.15, 0.2) is 20.7 Å². The molecule has 142 valence electrons. The first kappa shape index (κ1) is 19.2. The van der Waals surface area contributed by atoms with Crippen LogP contribution < -0.4 is 5.56 Å². The smallest absolute Gasteiger partial charge is 0.259 e. The monoisotopic (exact) mass is 483 g/mol. The molecule has 0 saturated carbocycles. The van der Waals surface area contributed by atoms with Crippen molar-refractivity contribution in [2.24, 2.45) is 0 Å². The molecule has 0 unspecified atom stereocenters. The van der Waals surface area contributed by atoms with Gasteiger partial charge in [0.25, 0.3) is 5.56 Å². The molecule has 0 radical (unpaired) electrons. The molecule has 1 aliphatic carbocycles. The highest BCUT2D eigenvalue weighted by atomic mass is 79.9. The highest BCUT2D eigenvalue weighted by Gasteiger charge is 2.21. The molecule has 27 heavy (non-hydrogen) atoms. The first-order valence-electron chi connectivity index (χ1n) is 8.59. The number of thiophene rings is 2. The Bertz CT molecular complexity index is 1060. The fourth-order valence-corrected chi connectivity index (χ4v) is 6.83. The zero-order valence-electron chi connectivity index (χ0n) is 14.7. The fraction of sp³-hybridized carbons (Fsp3) is 0.389. The van der Waals surface area contributed by atoms with Crippen molar-refractivity contribution in [3.8, 4) is 0 Å². The lowest BCUT2D eigenvalue weighted by Gasteiger charge is -2.15. The predicted molar refractivity (Wildman–Crippen MR) is 117 cm³/mol. The van der Waals surface area contributed by atoms with Gasteiger partial charge in [0.15, 0.2) is 0 Å². The highest BCUT2D eigenvalue weighted by molar-refractivity contribution is 9.10. The van der Waals surface area contributed by atoms with Gasteiger partial charge in [-0.2, -0.15) is 0 Å². The minimum atomic E-state index is -0.0401. The molecule has 1 aliphatic rings. The summed E-state index contributed by atoms with van der Waals surface area (Å²) in [5, 5.41) is 2.79. The van der Waals surface area contributed by atoms with Gasteiger partial charge in [-0.3, -0.25) is 9.59 Å². The molecule has 3 heterocycles. The van der Waals surface area contributed by atoms with E-state index in [1.807, 2.05) is 18.5 Å². The van der Waals surface area contributed by atoms with Crippen molar-refractivity contribution in [2.45, 2.75) is 31.6 Å². The van der Waals surface area contributed by atoms with Gasteiger partial charge in [-0.25, -0.2) is 4.98 Å². The van der Waals surface area contributed by atoms with Crippen LogP contribution in [0.1, 0.15) is 27.6 Å². The summed E-state index contributed by atoms with van der Waals surface area (Å²) in [6.07, 6.45) is 3.17. The van der Waals surface area contributed by atoms with E-state index in [2.05, 4.69) is 25.9 Å². The van der Waals surface area contributed by atoms with Crippen LogP contribution in [-0.2, 0) is 29.9 Å². The second-order valence-corrected chi connectivity index (χ2v) is 10.5. The molecule has 3 aromatic heterocycles. The third kappa shape index (κ3) is 4.16. The van der Waals surface area contributed by atoms with Gasteiger partial charge in [0.2, 0.25) is 5.91 Å². The van der Waals surface area contributed by atoms with Crippen molar-refractivity contribution in [3.63, 3.8) is 0 Å². The number of aryl methyl sites for hydroxylation is 2. The number of aromatic amines is 1. The number of thioether (sulfide) groups is 1. The summed E-state index contributed by atoms with van der Waals surface area (Å²) < 4.78 is 1.04. The Labute approximate surface area is 177 Å². The minimum Gasteiger partial charge on any atom is -0.340 e. The zero-order valence-corrected chi connectivity index (χ0v) is 18.7. The van der Waals surface area contributed by atoms with Gasteiger partial charge in [-0.15, -0.1) is 34.4 Å². The van der Waals surface area contributed by atoms with Crippen molar-refractivity contribution in [1.82, 2.24) is 14.9 Å². The maximum absolute atomic E-state index is 12.5. The Morgan fingerprint density at radius 3 is 3.07 bits per heavy atom. The van der Waals surface area contributed by atoms with Gasteiger partial charge in [0.1, 0.15) is 10.7 Å². The van der Waals surface area contributed by atoms with E-state index in [-0.39, 0.29) is 11.5 Å². The van der Waals surface area contributed by atoms with E-state index >= 15 is 0 Å². The minimum absolute atomic E-state index is 0.0401. The van der Waals surface area contributed by atoms with E-state index in [1.54, 1.807) is 27.6 Å². The molecular weight excluding hydrogens is 466 g/mol. The molecule has 0 fully saturated rings. The Kier molecular flexibility index (Phi) is 5.73. The molecule has 1 amide bonds. The van der Waals surface area contributed by atoms with E-state index < -0.39 is 0 Å². The number of halogens is 1. The van der Waals surface area contributed by atoms with Crippen molar-refractivity contribution < 1.29 is 4.79 Å². The highest BCUT2D eigenvalue weighted by Crippen LogP contribution is 2.34. The van der Waals surface area contributed by atoms with Gasteiger partial charge < -0.3 is 9.88 Å². The number of H-pyrrole nitrogens is 1. The number of rotatable bonds is 6. The van der Waals surface area contributed by atoms with Crippen LogP contribution in [0.4, 0.5) is 0 Å². The molecule has 1 N–H and O–H groups in total. The number of nitrogens with zero attached hydrogens (tertiary/aromatic N) is 2. The lowest BCUT2D eigenvalue weighted by atomic mass is 10.2. The molecule has 9 heteroatoms. The first-order valence-corrected chi connectivity index (χ1v) is 12.2. The third-order valence-corrected chi connectivity index (χ3v) is 8.33. The van der Waals surface area contributed by atoms with Crippen LogP contribution in [0.25, 0.3) is 10.2 Å². The lowest BCUT2D eigenvalue weighted by Crippen LogP contribution is -2.27. The summed E-state index contributed by atoms with van der Waals surface area (Å²) in [7, 11) is 1.82. The maximum atomic E-state index is 12.5. The number of hydrogen-bond donors (Lipinski definition) is 1. The Balaban J connectivity index is 1.36.